The lowest BCUT2D eigenvalue weighted by Gasteiger charge is -2.30. The molecule has 0 aromatic heterocycles. The summed E-state index contributed by atoms with van der Waals surface area (Å²) in [5, 5.41) is 0. The van der Waals surface area contributed by atoms with Crippen LogP contribution in [0.4, 0.5) is 0 Å². The van der Waals surface area contributed by atoms with Crippen molar-refractivity contribution in [2.45, 2.75) is 18.6 Å². The molecule has 4 N–H and O–H groups in total. The highest BCUT2D eigenvalue weighted by molar-refractivity contribution is 6.60. The zero-order chi connectivity index (χ0) is 9.83. The summed E-state index contributed by atoms with van der Waals surface area (Å²) >= 11 is 0. The van der Waals surface area contributed by atoms with Crippen molar-refractivity contribution in [3.8, 4) is 0 Å². The van der Waals surface area contributed by atoms with Crippen LogP contribution in [0.25, 0.3) is 0 Å². The third-order valence-corrected chi connectivity index (χ3v) is 4.59. The van der Waals surface area contributed by atoms with E-state index in [0.717, 1.165) is 0 Å². The maximum Gasteiger partial charge on any atom is 0.503 e. The molecule has 0 atom stereocenters. The normalized spacial score (nSPS) is 13.5. The molecule has 0 aromatic carbocycles. The van der Waals surface area contributed by atoms with Crippen molar-refractivity contribution in [2.75, 3.05) is 21.3 Å². The highest BCUT2D eigenvalue weighted by Crippen LogP contribution is 2.17. The second-order valence-electron chi connectivity index (χ2n) is 2.98. The molecule has 0 aromatic rings. The molecule has 0 radical (unpaired) electrons. The molecule has 6 heteroatoms. The predicted molar refractivity (Wildman–Crippen MR) is 48.4 cm³/mol. The van der Waals surface area contributed by atoms with Gasteiger partial charge in [0.05, 0.1) is 5.66 Å². The SMILES string of the molecule is CO[Si](CC(C)(N)N)(OC)OC. The van der Waals surface area contributed by atoms with Crippen molar-refractivity contribution in [1.29, 1.82) is 0 Å². The molecule has 0 unspecified atom stereocenters. The van der Waals surface area contributed by atoms with Gasteiger partial charge in [-0.2, -0.15) is 0 Å². The first-order chi connectivity index (χ1) is 5.39. The molecule has 0 saturated heterocycles. The average molecular weight is 194 g/mol. The summed E-state index contributed by atoms with van der Waals surface area (Å²) in [5.41, 5.74) is 10.4. The molecule has 0 saturated carbocycles. The van der Waals surface area contributed by atoms with Gasteiger partial charge in [-0.05, 0) is 6.92 Å². The Bertz CT molecular complexity index is 125. The van der Waals surface area contributed by atoms with E-state index < -0.39 is 14.5 Å². The van der Waals surface area contributed by atoms with Gasteiger partial charge >= 0.3 is 8.80 Å². The van der Waals surface area contributed by atoms with E-state index >= 15 is 0 Å². The number of hydrogen-bond acceptors (Lipinski definition) is 5. The summed E-state index contributed by atoms with van der Waals surface area (Å²) < 4.78 is 15.4. The van der Waals surface area contributed by atoms with Crippen molar-refractivity contribution in [3.63, 3.8) is 0 Å². The smallest absolute Gasteiger partial charge is 0.377 e. The molecular weight excluding hydrogens is 176 g/mol. The first kappa shape index (κ1) is 12.0. The Kier molecular flexibility index (Phi) is 4.31. The molecule has 12 heavy (non-hydrogen) atoms. The van der Waals surface area contributed by atoms with Gasteiger partial charge < -0.3 is 24.7 Å². The van der Waals surface area contributed by atoms with Crippen LogP contribution in [0.3, 0.4) is 0 Å². The summed E-state index contributed by atoms with van der Waals surface area (Å²) in [5.74, 6) is 0. The minimum absolute atomic E-state index is 0.392. The van der Waals surface area contributed by atoms with Crippen LogP contribution in [-0.4, -0.2) is 35.8 Å². The molecule has 0 aliphatic rings. The van der Waals surface area contributed by atoms with Crippen molar-refractivity contribution in [1.82, 2.24) is 0 Å². The Morgan fingerprint density at radius 2 is 1.42 bits per heavy atom. The van der Waals surface area contributed by atoms with E-state index in [4.69, 9.17) is 24.7 Å². The highest BCUT2D eigenvalue weighted by Gasteiger charge is 2.42. The molecular formula is C6H18N2O3Si. The van der Waals surface area contributed by atoms with Crippen molar-refractivity contribution >= 4 is 8.80 Å². The van der Waals surface area contributed by atoms with Gasteiger partial charge in [-0.3, -0.25) is 0 Å². The Labute approximate surface area is 74.3 Å². The maximum atomic E-state index is 5.62. The first-order valence-electron chi connectivity index (χ1n) is 3.62. The standard InChI is InChI=1S/C6H18N2O3Si/c1-6(7,8)5-12(9-2,10-3)11-4/h5,7-8H2,1-4H3. The largest absolute Gasteiger partial charge is 0.503 e. The molecule has 0 rings (SSSR count). The Morgan fingerprint density at radius 3 is 1.50 bits per heavy atom. The van der Waals surface area contributed by atoms with E-state index in [1.165, 1.54) is 21.3 Å². The zero-order valence-electron chi connectivity index (χ0n) is 8.09. The Morgan fingerprint density at radius 1 is 1.08 bits per heavy atom. The summed E-state index contributed by atoms with van der Waals surface area (Å²) in [4.78, 5) is 0. The lowest BCUT2D eigenvalue weighted by molar-refractivity contribution is 0.117. The van der Waals surface area contributed by atoms with Gasteiger partial charge in [0, 0.05) is 27.4 Å². The number of nitrogens with two attached hydrogens (primary N) is 2. The van der Waals surface area contributed by atoms with Gasteiger partial charge in [0.2, 0.25) is 0 Å². The van der Waals surface area contributed by atoms with Gasteiger partial charge in [0.1, 0.15) is 0 Å². The fourth-order valence-electron chi connectivity index (χ4n) is 0.933. The van der Waals surface area contributed by atoms with Crippen LogP contribution in [0.5, 0.6) is 0 Å². The molecule has 0 aliphatic heterocycles. The predicted octanol–water partition coefficient (Wildman–Crippen LogP) is -0.502. The molecule has 0 amide bonds. The van der Waals surface area contributed by atoms with Gasteiger partial charge in [-0.15, -0.1) is 0 Å². The van der Waals surface area contributed by atoms with E-state index in [-0.39, 0.29) is 0 Å². The third kappa shape index (κ3) is 3.61. The van der Waals surface area contributed by atoms with Crippen molar-refractivity contribution in [2.24, 2.45) is 11.5 Å². The molecule has 5 nitrogen and oxygen atoms in total. The van der Waals surface area contributed by atoms with Crippen molar-refractivity contribution in [3.05, 3.63) is 0 Å². The van der Waals surface area contributed by atoms with Gasteiger partial charge in [-0.1, -0.05) is 0 Å². The lowest BCUT2D eigenvalue weighted by atomic mass is 10.3. The zero-order valence-corrected chi connectivity index (χ0v) is 9.09. The van der Waals surface area contributed by atoms with E-state index in [0.29, 0.717) is 6.04 Å². The van der Waals surface area contributed by atoms with Crippen LogP contribution >= 0.6 is 0 Å². The quantitative estimate of drug-likeness (QED) is 0.455. The summed E-state index contributed by atoms with van der Waals surface area (Å²) in [6.07, 6.45) is 0. The summed E-state index contributed by atoms with van der Waals surface area (Å²) in [6, 6.07) is 0.392. The molecule has 0 heterocycles. The average Bonchev–Trinajstić information content (AvgIpc) is 1.99. The van der Waals surface area contributed by atoms with Crippen LogP contribution in [0.1, 0.15) is 6.92 Å². The molecule has 74 valence electrons. The van der Waals surface area contributed by atoms with Crippen LogP contribution in [0.2, 0.25) is 6.04 Å². The van der Waals surface area contributed by atoms with Gasteiger partial charge in [0.25, 0.3) is 0 Å². The van der Waals surface area contributed by atoms with Crippen LogP contribution in [0.15, 0.2) is 0 Å². The molecule has 0 aliphatic carbocycles. The topological polar surface area (TPSA) is 79.7 Å². The van der Waals surface area contributed by atoms with E-state index in [2.05, 4.69) is 0 Å². The first-order valence-corrected chi connectivity index (χ1v) is 5.55. The second-order valence-corrected chi connectivity index (χ2v) is 5.92. The second kappa shape index (κ2) is 4.31. The fourth-order valence-corrected chi connectivity index (χ4v) is 2.80. The monoisotopic (exact) mass is 194 g/mol. The molecule has 0 fully saturated rings. The minimum atomic E-state index is -2.60. The third-order valence-electron chi connectivity index (χ3n) is 1.53. The molecule has 0 spiro atoms. The van der Waals surface area contributed by atoms with E-state index in [1.54, 1.807) is 6.92 Å². The highest BCUT2D eigenvalue weighted by atomic mass is 28.4. The Balaban J connectivity index is 4.30. The van der Waals surface area contributed by atoms with Gasteiger partial charge in [0.15, 0.2) is 0 Å². The van der Waals surface area contributed by atoms with Crippen LogP contribution < -0.4 is 11.5 Å². The lowest BCUT2D eigenvalue weighted by Crippen LogP contribution is -2.56. The maximum absolute atomic E-state index is 5.62. The van der Waals surface area contributed by atoms with Crippen molar-refractivity contribution < 1.29 is 13.3 Å². The summed E-state index contributed by atoms with van der Waals surface area (Å²) in [7, 11) is 2.00. The summed E-state index contributed by atoms with van der Waals surface area (Å²) in [6.45, 7) is 1.70. The van der Waals surface area contributed by atoms with E-state index in [1.807, 2.05) is 0 Å². The Hall–Kier alpha value is 0.0169. The number of rotatable bonds is 5. The van der Waals surface area contributed by atoms with Crippen LogP contribution in [-0.2, 0) is 13.3 Å². The molecule has 0 bridgehead atoms. The van der Waals surface area contributed by atoms with Crippen LogP contribution in [0, 0.1) is 0 Å². The fraction of sp³-hybridized carbons (Fsp3) is 1.00. The number of hydrogen-bond donors (Lipinski definition) is 2. The van der Waals surface area contributed by atoms with Gasteiger partial charge in [-0.25, -0.2) is 0 Å². The van der Waals surface area contributed by atoms with E-state index in [9.17, 15) is 0 Å². The minimum Gasteiger partial charge on any atom is -0.377 e.